The summed E-state index contributed by atoms with van der Waals surface area (Å²) in [7, 11) is -1.79. The van der Waals surface area contributed by atoms with E-state index in [2.05, 4.69) is 30.7 Å². The first kappa shape index (κ1) is 24.4. The number of hydrogen-bond donors (Lipinski definition) is 1. The molecule has 33 heavy (non-hydrogen) atoms. The lowest BCUT2D eigenvalue weighted by atomic mass is 9.83. The van der Waals surface area contributed by atoms with E-state index in [0.29, 0.717) is 24.3 Å². The fourth-order valence-electron chi connectivity index (χ4n) is 3.69. The summed E-state index contributed by atoms with van der Waals surface area (Å²) in [5.41, 5.74) is 3.83. The van der Waals surface area contributed by atoms with Crippen molar-refractivity contribution in [1.82, 2.24) is 4.83 Å². The molecule has 0 atom stereocenters. The van der Waals surface area contributed by atoms with Crippen LogP contribution in [0.4, 0.5) is 5.69 Å². The van der Waals surface area contributed by atoms with Crippen LogP contribution in [0.3, 0.4) is 0 Å². The molecule has 1 amide bonds. The van der Waals surface area contributed by atoms with E-state index in [1.807, 2.05) is 36.4 Å². The van der Waals surface area contributed by atoms with E-state index in [9.17, 15) is 18.0 Å². The first-order valence-corrected chi connectivity index (χ1v) is 12.4. The van der Waals surface area contributed by atoms with Crippen LogP contribution in [-0.2, 0) is 25.0 Å². The minimum absolute atomic E-state index is 0.0383. The third-order valence-corrected chi connectivity index (χ3v) is 5.75. The highest BCUT2D eigenvalue weighted by molar-refractivity contribution is 7.88. The maximum atomic E-state index is 12.6. The Balaban J connectivity index is 2.06. The van der Waals surface area contributed by atoms with Gasteiger partial charge in [-0.15, -0.1) is 0 Å². The van der Waals surface area contributed by atoms with Crippen LogP contribution in [0.2, 0.25) is 0 Å². The number of benzene rings is 2. The van der Waals surface area contributed by atoms with Gasteiger partial charge in [-0.05, 0) is 28.7 Å². The second-order valence-corrected chi connectivity index (χ2v) is 10.8. The van der Waals surface area contributed by atoms with Gasteiger partial charge in [0, 0.05) is 29.8 Å². The first-order valence-electron chi connectivity index (χ1n) is 10.5. The van der Waals surface area contributed by atoms with E-state index in [0.717, 1.165) is 28.6 Å². The van der Waals surface area contributed by atoms with E-state index in [-0.39, 0.29) is 23.5 Å². The fraction of sp³-hybridized carbons (Fsp3) is 0.375. The average Bonchev–Trinajstić information content (AvgIpc) is 2.72. The van der Waals surface area contributed by atoms with Gasteiger partial charge in [-0.2, -0.15) is 5.10 Å². The summed E-state index contributed by atoms with van der Waals surface area (Å²) in [4.78, 5) is 28.0. The monoisotopic (exact) mass is 471 g/mol. The Morgan fingerprint density at radius 1 is 1.12 bits per heavy atom. The van der Waals surface area contributed by atoms with Crippen LogP contribution >= 0.6 is 0 Å². The number of rotatable bonds is 6. The molecule has 2 aromatic carbocycles. The number of nitrogens with one attached hydrogen (secondary N) is 1. The van der Waals surface area contributed by atoms with Crippen LogP contribution in [0, 0.1) is 0 Å². The molecule has 1 aliphatic heterocycles. The average molecular weight is 472 g/mol. The lowest BCUT2D eigenvalue weighted by Gasteiger charge is -2.30. The molecule has 0 bridgehead atoms. The molecular weight excluding hydrogens is 442 g/mol. The molecule has 0 aliphatic carbocycles. The number of ketones is 1. The number of hydrazone groups is 1. The molecule has 3 rings (SSSR count). The summed E-state index contributed by atoms with van der Waals surface area (Å²) < 4.78 is 28.1. The minimum Gasteiger partial charge on any atom is -0.496 e. The van der Waals surface area contributed by atoms with E-state index in [4.69, 9.17) is 4.74 Å². The van der Waals surface area contributed by atoms with Crippen molar-refractivity contribution in [1.29, 1.82) is 0 Å². The molecule has 2 aromatic rings. The topological polar surface area (TPSA) is 105 Å². The number of Topliss-reactive ketones (excluding diaryl/α,β-unsaturated/α-hetero) is 1. The maximum absolute atomic E-state index is 12.6. The zero-order chi connectivity index (χ0) is 24.4. The molecule has 1 aliphatic rings. The second kappa shape index (κ2) is 9.35. The van der Waals surface area contributed by atoms with Crippen molar-refractivity contribution in [3.8, 4) is 16.9 Å². The number of amides is 1. The van der Waals surface area contributed by atoms with Crippen molar-refractivity contribution >= 4 is 33.6 Å². The van der Waals surface area contributed by atoms with Crippen LogP contribution in [0.5, 0.6) is 5.75 Å². The predicted octanol–water partition coefficient (Wildman–Crippen LogP) is 3.24. The molecule has 1 fully saturated rings. The molecule has 9 heteroatoms. The van der Waals surface area contributed by atoms with E-state index in [1.54, 1.807) is 12.0 Å². The van der Waals surface area contributed by atoms with Gasteiger partial charge in [0.25, 0.3) is 0 Å². The van der Waals surface area contributed by atoms with Crippen LogP contribution in [0.15, 0.2) is 41.5 Å². The summed E-state index contributed by atoms with van der Waals surface area (Å²) in [6.07, 6.45) is 2.71. The highest BCUT2D eigenvalue weighted by Gasteiger charge is 2.29. The number of sulfonamides is 1. The number of piperidine rings is 1. The molecule has 0 aromatic heterocycles. The third kappa shape index (κ3) is 5.98. The molecule has 1 heterocycles. The third-order valence-electron chi connectivity index (χ3n) is 5.32. The maximum Gasteiger partial charge on any atom is 0.244 e. The normalized spacial score (nSPS) is 15.2. The molecule has 1 saturated heterocycles. The largest absolute Gasteiger partial charge is 0.496 e. The molecular formula is C24H29N3O5S. The Morgan fingerprint density at radius 3 is 2.33 bits per heavy atom. The van der Waals surface area contributed by atoms with Crippen molar-refractivity contribution in [3.05, 3.63) is 47.5 Å². The Morgan fingerprint density at radius 2 is 1.79 bits per heavy atom. The number of carbonyl (C=O) groups excluding carboxylic acids is 2. The zero-order valence-electron chi connectivity index (χ0n) is 19.5. The molecule has 0 unspecified atom stereocenters. The van der Waals surface area contributed by atoms with Gasteiger partial charge in [-0.25, -0.2) is 13.2 Å². The summed E-state index contributed by atoms with van der Waals surface area (Å²) >= 11 is 0. The summed E-state index contributed by atoms with van der Waals surface area (Å²) in [6, 6.07) is 11.3. The highest BCUT2D eigenvalue weighted by atomic mass is 32.2. The Hall–Kier alpha value is -3.20. The van der Waals surface area contributed by atoms with Gasteiger partial charge < -0.3 is 9.64 Å². The molecule has 1 N–H and O–H groups in total. The van der Waals surface area contributed by atoms with Gasteiger partial charge in [-0.1, -0.05) is 45.0 Å². The molecule has 0 spiro atoms. The second-order valence-electron chi connectivity index (χ2n) is 9.08. The number of anilines is 1. The zero-order valence-corrected chi connectivity index (χ0v) is 20.3. The van der Waals surface area contributed by atoms with Crippen LogP contribution in [0.1, 0.15) is 44.7 Å². The number of ether oxygens (including phenoxy) is 1. The van der Waals surface area contributed by atoms with Gasteiger partial charge >= 0.3 is 0 Å². The summed E-state index contributed by atoms with van der Waals surface area (Å²) in [6.45, 7) is 6.59. The molecule has 176 valence electrons. The predicted molar refractivity (Wildman–Crippen MR) is 129 cm³/mol. The van der Waals surface area contributed by atoms with E-state index in [1.165, 1.54) is 6.21 Å². The van der Waals surface area contributed by atoms with Gasteiger partial charge in [0.15, 0.2) is 0 Å². The minimum atomic E-state index is -3.41. The lowest BCUT2D eigenvalue weighted by molar-refractivity contribution is -0.128. The molecule has 8 nitrogen and oxygen atoms in total. The Labute approximate surface area is 194 Å². The number of carbonyl (C=O) groups is 2. The number of nitrogens with zero attached hydrogens (tertiary/aromatic N) is 2. The van der Waals surface area contributed by atoms with Crippen LogP contribution < -0.4 is 14.5 Å². The molecule has 0 radical (unpaired) electrons. The van der Waals surface area contributed by atoms with E-state index >= 15 is 0 Å². The van der Waals surface area contributed by atoms with Gasteiger partial charge in [-0.3, -0.25) is 9.59 Å². The van der Waals surface area contributed by atoms with Crippen molar-refractivity contribution in [2.24, 2.45) is 5.10 Å². The Bertz CT molecular complexity index is 1200. The summed E-state index contributed by atoms with van der Waals surface area (Å²) in [5, 5.41) is 3.73. The fourth-order valence-corrected chi connectivity index (χ4v) is 3.94. The number of methoxy groups -OCH3 is 1. The van der Waals surface area contributed by atoms with Gasteiger partial charge in [0.2, 0.25) is 15.9 Å². The lowest BCUT2D eigenvalue weighted by Crippen LogP contribution is -2.39. The van der Waals surface area contributed by atoms with Gasteiger partial charge in [0.1, 0.15) is 11.5 Å². The molecule has 0 saturated carbocycles. The van der Waals surface area contributed by atoms with Crippen LogP contribution in [-0.4, -0.2) is 46.2 Å². The number of hydrogen-bond acceptors (Lipinski definition) is 6. The first-order chi connectivity index (χ1) is 15.4. The van der Waals surface area contributed by atoms with Crippen molar-refractivity contribution < 1.29 is 22.7 Å². The van der Waals surface area contributed by atoms with Crippen molar-refractivity contribution in [2.75, 3.05) is 24.8 Å². The van der Waals surface area contributed by atoms with Crippen molar-refractivity contribution in [2.45, 2.75) is 39.0 Å². The van der Waals surface area contributed by atoms with Crippen molar-refractivity contribution in [3.63, 3.8) is 0 Å². The Kier molecular flexibility index (Phi) is 6.92. The van der Waals surface area contributed by atoms with Gasteiger partial charge in [0.05, 0.1) is 26.0 Å². The standard InChI is InChI=1S/C24H29N3O5S/c1-24(2,3)21-13-18(27-11-10-19(28)14-22(27)29)12-20(23(21)32-4)17-8-6-16(7-9-17)15-25-26-33(5,30)31/h6-9,12-13,15,26H,10-11,14H2,1-5H3/b25-15-. The quantitative estimate of drug-likeness (QED) is 0.396. The smallest absolute Gasteiger partial charge is 0.244 e. The SMILES string of the molecule is COc1c(-c2ccc(/C=N\NS(C)(=O)=O)cc2)cc(N2CCC(=O)CC2=O)cc1C(C)(C)C. The van der Waals surface area contributed by atoms with E-state index < -0.39 is 10.0 Å². The highest BCUT2D eigenvalue weighted by Crippen LogP contribution is 2.43. The summed E-state index contributed by atoms with van der Waals surface area (Å²) in [5.74, 6) is 0.475. The van der Waals surface area contributed by atoms with Crippen LogP contribution in [0.25, 0.3) is 11.1 Å².